The molecule has 1 aliphatic heterocycles. The molecule has 0 spiro atoms. The van der Waals surface area contributed by atoms with Crippen LogP contribution in [-0.2, 0) is 15.9 Å². The number of rotatable bonds is 7. The van der Waals surface area contributed by atoms with Crippen molar-refractivity contribution in [3.8, 4) is 11.4 Å². The number of aliphatic hydroxyl groups is 2. The Bertz CT molecular complexity index is 688. The largest absolute Gasteiger partial charge is 0.394 e. The Labute approximate surface area is 145 Å². The SMILES string of the molecule is C[C@H](CCc1nc(-c2ccccc2)no1)O[C@@H]1C=C[C@H](O)[C@@H](CO)O1. The van der Waals surface area contributed by atoms with E-state index in [2.05, 4.69) is 10.1 Å². The molecular formula is C18H22N2O5. The minimum atomic E-state index is -0.810. The van der Waals surface area contributed by atoms with E-state index in [0.29, 0.717) is 24.6 Å². The van der Waals surface area contributed by atoms with Gasteiger partial charge in [0.15, 0.2) is 6.29 Å². The van der Waals surface area contributed by atoms with Crippen LogP contribution in [0.2, 0.25) is 0 Å². The molecule has 134 valence electrons. The summed E-state index contributed by atoms with van der Waals surface area (Å²) in [5.41, 5.74) is 0.913. The molecule has 2 N–H and O–H groups in total. The highest BCUT2D eigenvalue weighted by Crippen LogP contribution is 2.18. The lowest BCUT2D eigenvalue weighted by molar-refractivity contribution is -0.196. The van der Waals surface area contributed by atoms with Gasteiger partial charge in [0, 0.05) is 12.0 Å². The number of hydrogen-bond donors (Lipinski definition) is 2. The fourth-order valence-corrected chi connectivity index (χ4v) is 2.54. The molecule has 0 aliphatic carbocycles. The second-order valence-electron chi connectivity index (χ2n) is 5.96. The van der Waals surface area contributed by atoms with Crippen molar-refractivity contribution >= 4 is 0 Å². The fraction of sp³-hybridized carbons (Fsp3) is 0.444. The summed E-state index contributed by atoms with van der Waals surface area (Å²) in [5, 5.41) is 22.8. The molecule has 1 aromatic carbocycles. The van der Waals surface area contributed by atoms with E-state index in [0.717, 1.165) is 5.56 Å². The van der Waals surface area contributed by atoms with Gasteiger partial charge in [-0.05, 0) is 19.4 Å². The number of benzene rings is 1. The van der Waals surface area contributed by atoms with E-state index in [-0.39, 0.29) is 12.7 Å². The van der Waals surface area contributed by atoms with Gasteiger partial charge in [-0.25, -0.2) is 0 Å². The second-order valence-corrected chi connectivity index (χ2v) is 5.96. The van der Waals surface area contributed by atoms with Crippen molar-refractivity contribution < 1.29 is 24.2 Å². The quantitative estimate of drug-likeness (QED) is 0.737. The van der Waals surface area contributed by atoms with E-state index < -0.39 is 18.5 Å². The zero-order valence-corrected chi connectivity index (χ0v) is 14.0. The van der Waals surface area contributed by atoms with Gasteiger partial charge < -0.3 is 24.2 Å². The summed E-state index contributed by atoms with van der Waals surface area (Å²) in [6, 6.07) is 9.65. The smallest absolute Gasteiger partial charge is 0.227 e. The molecule has 7 nitrogen and oxygen atoms in total. The molecule has 2 aromatic rings. The first kappa shape index (κ1) is 17.8. The van der Waals surface area contributed by atoms with Crippen molar-refractivity contribution in [3.63, 3.8) is 0 Å². The summed E-state index contributed by atoms with van der Waals surface area (Å²) in [7, 11) is 0. The molecule has 7 heteroatoms. The molecule has 0 fully saturated rings. The monoisotopic (exact) mass is 346 g/mol. The highest BCUT2D eigenvalue weighted by atomic mass is 16.7. The molecule has 3 rings (SSSR count). The Hall–Kier alpha value is -2.06. The minimum absolute atomic E-state index is 0.115. The van der Waals surface area contributed by atoms with Crippen molar-refractivity contribution in [2.45, 2.75) is 44.4 Å². The lowest BCUT2D eigenvalue weighted by atomic mass is 10.1. The first-order valence-corrected chi connectivity index (χ1v) is 8.32. The van der Waals surface area contributed by atoms with Gasteiger partial charge in [0.1, 0.15) is 12.2 Å². The molecule has 25 heavy (non-hydrogen) atoms. The van der Waals surface area contributed by atoms with Gasteiger partial charge in [-0.15, -0.1) is 0 Å². The zero-order valence-electron chi connectivity index (χ0n) is 14.0. The molecule has 0 amide bonds. The van der Waals surface area contributed by atoms with Crippen LogP contribution in [0.1, 0.15) is 19.2 Å². The molecule has 1 aliphatic rings. The van der Waals surface area contributed by atoms with Gasteiger partial charge in [0.2, 0.25) is 11.7 Å². The van der Waals surface area contributed by atoms with Gasteiger partial charge in [0.05, 0.1) is 12.7 Å². The average Bonchev–Trinajstić information content (AvgIpc) is 3.11. The lowest BCUT2D eigenvalue weighted by Gasteiger charge is -2.29. The highest BCUT2D eigenvalue weighted by molar-refractivity contribution is 5.53. The average molecular weight is 346 g/mol. The minimum Gasteiger partial charge on any atom is -0.394 e. The maximum Gasteiger partial charge on any atom is 0.227 e. The Kier molecular flexibility index (Phi) is 5.93. The van der Waals surface area contributed by atoms with Crippen molar-refractivity contribution in [2.24, 2.45) is 0 Å². The number of aliphatic hydroxyl groups excluding tert-OH is 2. The summed E-state index contributed by atoms with van der Waals surface area (Å²) in [6.45, 7) is 1.66. The van der Waals surface area contributed by atoms with E-state index in [4.69, 9.17) is 19.1 Å². The lowest BCUT2D eigenvalue weighted by Crippen LogP contribution is -2.39. The Morgan fingerprint density at radius 1 is 1.24 bits per heavy atom. The van der Waals surface area contributed by atoms with Crippen LogP contribution >= 0.6 is 0 Å². The van der Waals surface area contributed by atoms with E-state index in [1.165, 1.54) is 0 Å². The van der Waals surface area contributed by atoms with Gasteiger partial charge in [0.25, 0.3) is 0 Å². The maximum atomic E-state index is 9.61. The summed E-state index contributed by atoms with van der Waals surface area (Å²) >= 11 is 0. The summed E-state index contributed by atoms with van der Waals surface area (Å²) < 4.78 is 16.5. The third kappa shape index (κ3) is 4.73. The van der Waals surface area contributed by atoms with Gasteiger partial charge in [-0.1, -0.05) is 41.6 Å². The topological polar surface area (TPSA) is 97.8 Å². The molecule has 4 atom stereocenters. The van der Waals surface area contributed by atoms with Crippen LogP contribution in [0.5, 0.6) is 0 Å². The van der Waals surface area contributed by atoms with Gasteiger partial charge >= 0.3 is 0 Å². The van der Waals surface area contributed by atoms with E-state index in [9.17, 15) is 5.11 Å². The molecule has 0 saturated heterocycles. The summed E-state index contributed by atoms with van der Waals surface area (Å²) in [4.78, 5) is 4.39. The van der Waals surface area contributed by atoms with Crippen molar-refractivity contribution in [1.82, 2.24) is 10.1 Å². The zero-order chi connectivity index (χ0) is 17.6. The highest BCUT2D eigenvalue weighted by Gasteiger charge is 2.26. The molecule has 0 unspecified atom stereocenters. The molecule has 0 bridgehead atoms. The Balaban J connectivity index is 1.49. The predicted octanol–water partition coefficient (Wildman–Crippen LogP) is 1.71. The third-order valence-corrected chi connectivity index (χ3v) is 3.97. The predicted molar refractivity (Wildman–Crippen MR) is 89.5 cm³/mol. The number of aryl methyl sites for hydroxylation is 1. The molecule has 1 aromatic heterocycles. The number of nitrogens with zero attached hydrogens (tertiary/aromatic N) is 2. The van der Waals surface area contributed by atoms with Crippen molar-refractivity contribution in [3.05, 3.63) is 48.4 Å². The third-order valence-electron chi connectivity index (χ3n) is 3.97. The Morgan fingerprint density at radius 2 is 2.04 bits per heavy atom. The van der Waals surface area contributed by atoms with Crippen LogP contribution in [0.3, 0.4) is 0 Å². The van der Waals surface area contributed by atoms with Crippen LogP contribution in [0.25, 0.3) is 11.4 Å². The fourth-order valence-electron chi connectivity index (χ4n) is 2.54. The van der Waals surface area contributed by atoms with Crippen LogP contribution in [0, 0.1) is 0 Å². The second kappa shape index (κ2) is 8.35. The van der Waals surface area contributed by atoms with Crippen LogP contribution in [0.15, 0.2) is 47.0 Å². The van der Waals surface area contributed by atoms with Crippen molar-refractivity contribution in [2.75, 3.05) is 6.61 Å². The van der Waals surface area contributed by atoms with E-state index >= 15 is 0 Å². The summed E-state index contributed by atoms with van der Waals surface area (Å²) in [6.07, 6.45) is 2.32. The number of aromatic nitrogens is 2. The first-order chi connectivity index (χ1) is 12.2. The number of hydrogen-bond acceptors (Lipinski definition) is 7. The molecule has 2 heterocycles. The van der Waals surface area contributed by atoms with E-state index in [1.54, 1.807) is 12.2 Å². The Morgan fingerprint density at radius 3 is 2.80 bits per heavy atom. The molecule has 0 saturated carbocycles. The maximum absolute atomic E-state index is 9.61. The van der Waals surface area contributed by atoms with Gasteiger partial charge in [-0.3, -0.25) is 0 Å². The number of ether oxygens (including phenoxy) is 2. The summed E-state index contributed by atoms with van der Waals surface area (Å²) in [5.74, 6) is 1.13. The van der Waals surface area contributed by atoms with Crippen LogP contribution in [-0.4, -0.2) is 51.6 Å². The normalized spacial score (nSPS) is 24.4. The van der Waals surface area contributed by atoms with Crippen molar-refractivity contribution in [1.29, 1.82) is 0 Å². The molecule has 0 radical (unpaired) electrons. The first-order valence-electron chi connectivity index (χ1n) is 8.32. The van der Waals surface area contributed by atoms with Gasteiger partial charge in [-0.2, -0.15) is 4.98 Å². The van der Waals surface area contributed by atoms with Crippen LogP contribution < -0.4 is 0 Å². The molecular weight excluding hydrogens is 324 g/mol. The standard InChI is InChI=1S/C18H22N2O5/c1-12(23-17-10-8-14(22)15(11-21)24-17)7-9-16-19-18(20-25-16)13-5-3-2-4-6-13/h2-6,8,10,12,14-15,17,21-22H,7,9,11H2,1H3/t12-,14+,15-,17+/m1/s1. The van der Waals surface area contributed by atoms with Crippen LogP contribution in [0.4, 0.5) is 0 Å². The van der Waals surface area contributed by atoms with E-state index in [1.807, 2.05) is 37.3 Å².